The molecule has 20 heavy (non-hydrogen) atoms. The van der Waals surface area contributed by atoms with Crippen LogP contribution in [0.1, 0.15) is 26.7 Å². The van der Waals surface area contributed by atoms with Gasteiger partial charge in [-0.3, -0.25) is 9.69 Å². The van der Waals surface area contributed by atoms with Crippen molar-refractivity contribution in [3.05, 3.63) is 0 Å². The van der Waals surface area contributed by atoms with Gasteiger partial charge in [-0.05, 0) is 45.7 Å². The molecule has 0 radical (unpaired) electrons. The fourth-order valence-corrected chi connectivity index (χ4v) is 3.84. The Morgan fingerprint density at radius 2 is 1.80 bits per heavy atom. The average Bonchev–Trinajstić information content (AvgIpc) is 2.49. The lowest BCUT2D eigenvalue weighted by Crippen LogP contribution is -2.64. The summed E-state index contributed by atoms with van der Waals surface area (Å²) < 4.78 is 0. The van der Waals surface area contributed by atoms with E-state index in [9.17, 15) is 4.79 Å². The van der Waals surface area contributed by atoms with Gasteiger partial charge in [-0.2, -0.15) is 0 Å². The Kier molecular flexibility index (Phi) is 4.02. The summed E-state index contributed by atoms with van der Waals surface area (Å²) in [7, 11) is 0. The zero-order valence-electron chi connectivity index (χ0n) is 12.8. The summed E-state index contributed by atoms with van der Waals surface area (Å²) in [4.78, 5) is 17.5. The fraction of sp³-hybridized carbons (Fsp3) is 0.933. The van der Waals surface area contributed by atoms with Crippen molar-refractivity contribution in [3.63, 3.8) is 0 Å². The second kappa shape index (κ2) is 5.62. The topological polar surface area (TPSA) is 47.6 Å². The van der Waals surface area contributed by atoms with Crippen molar-refractivity contribution >= 4 is 5.91 Å². The molecule has 4 fully saturated rings. The molecule has 4 aliphatic heterocycles. The first-order chi connectivity index (χ1) is 9.57. The molecule has 0 spiro atoms. The Labute approximate surface area is 122 Å². The Morgan fingerprint density at radius 3 is 2.35 bits per heavy atom. The van der Waals surface area contributed by atoms with Crippen molar-refractivity contribution in [1.82, 2.24) is 20.4 Å². The number of nitrogens with zero attached hydrogens (tertiary/aromatic N) is 2. The van der Waals surface area contributed by atoms with E-state index in [2.05, 4.69) is 34.3 Å². The van der Waals surface area contributed by atoms with Crippen molar-refractivity contribution in [1.29, 1.82) is 0 Å². The first kappa shape index (κ1) is 14.3. The molecule has 1 amide bonds. The van der Waals surface area contributed by atoms with E-state index in [1.807, 2.05) is 0 Å². The standard InChI is InChI=1S/C15H28N4O/c1-15(2,19-9-5-16-6-10-19)14(20)17-13-11-18-7-3-12(13)4-8-18/h12-13,16H,3-11H2,1-2H3,(H,17,20). The molecule has 2 N–H and O–H groups in total. The highest BCUT2D eigenvalue weighted by molar-refractivity contribution is 5.85. The number of hydrogen-bond donors (Lipinski definition) is 2. The minimum absolute atomic E-state index is 0.207. The minimum Gasteiger partial charge on any atom is -0.350 e. The normalized spacial score (nSPS) is 35.0. The lowest BCUT2D eigenvalue weighted by atomic mass is 9.83. The Bertz CT molecular complexity index is 357. The van der Waals surface area contributed by atoms with E-state index in [0.29, 0.717) is 12.0 Å². The number of hydrogen-bond acceptors (Lipinski definition) is 4. The van der Waals surface area contributed by atoms with Crippen molar-refractivity contribution in [2.45, 2.75) is 38.3 Å². The molecule has 4 saturated heterocycles. The molecule has 2 bridgehead atoms. The van der Waals surface area contributed by atoms with Crippen LogP contribution < -0.4 is 10.6 Å². The zero-order chi connectivity index (χ0) is 14.2. The van der Waals surface area contributed by atoms with E-state index >= 15 is 0 Å². The van der Waals surface area contributed by atoms with Gasteiger partial charge in [0.15, 0.2) is 0 Å². The number of carbonyl (C=O) groups is 1. The smallest absolute Gasteiger partial charge is 0.240 e. The molecular weight excluding hydrogens is 252 g/mol. The molecule has 1 unspecified atom stereocenters. The third-order valence-corrected chi connectivity index (χ3v) is 5.44. The van der Waals surface area contributed by atoms with Crippen LogP contribution in [0.2, 0.25) is 0 Å². The molecular formula is C15H28N4O. The van der Waals surface area contributed by atoms with Crippen LogP contribution in [0.5, 0.6) is 0 Å². The van der Waals surface area contributed by atoms with Crippen molar-refractivity contribution < 1.29 is 4.79 Å². The largest absolute Gasteiger partial charge is 0.350 e. The second-order valence-corrected chi connectivity index (χ2v) is 7.01. The Morgan fingerprint density at radius 1 is 1.15 bits per heavy atom. The first-order valence-corrected chi connectivity index (χ1v) is 8.06. The summed E-state index contributed by atoms with van der Waals surface area (Å²) >= 11 is 0. The van der Waals surface area contributed by atoms with Gasteiger partial charge in [-0.1, -0.05) is 0 Å². The highest BCUT2D eigenvalue weighted by Gasteiger charge is 2.40. The quantitative estimate of drug-likeness (QED) is 0.757. The fourth-order valence-electron chi connectivity index (χ4n) is 3.84. The molecule has 1 atom stereocenters. The van der Waals surface area contributed by atoms with Crippen LogP contribution in [0.15, 0.2) is 0 Å². The molecule has 0 aromatic heterocycles. The average molecular weight is 280 g/mol. The number of rotatable bonds is 3. The van der Waals surface area contributed by atoms with Gasteiger partial charge < -0.3 is 15.5 Å². The monoisotopic (exact) mass is 280 g/mol. The van der Waals surface area contributed by atoms with Gasteiger partial charge in [0.2, 0.25) is 5.91 Å². The molecule has 4 rings (SSSR count). The van der Waals surface area contributed by atoms with Crippen molar-refractivity contribution in [2.24, 2.45) is 5.92 Å². The van der Waals surface area contributed by atoms with Crippen LogP contribution in [0.3, 0.4) is 0 Å². The van der Waals surface area contributed by atoms with Gasteiger partial charge in [0.1, 0.15) is 0 Å². The molecule has 0 saturated carbocycles. The molecule has 0 aliphatic carbocycles. The van der Waals surface area contributed by atoms with Crippen LogP contribution in [0, 0.1) is 5.92 Å². The summed E-state index contributed by atoms with van der Waals surface area (Å²) in [6.07, 6.45) is 2.50. The summed E-state index contributed by atoms with van der Waals surface area (Å²) in [5, 5.41) is 6.69. The van der Waals surface area contributed by atoms with E-state index in [1.54, 1.807) is 0 Å². The summed E-state index contributed by atoms with van der Waals surface area (Å²) in [5.41, 5.74) is -0.395. The van der Waals surface area contributed by atoms with Crippen molar-refractivity contribution in [3.8, 4) is 0 Å². The van der Waals surface area contributed by atoms with Crippen LogP contribution >= 0.6 is 0 Å². The summed E-state index contributed by atoms with van der Waals surface area (Å²) in [6, 6.07) is 0.368. The number of piperidine rings is 3. The highest BCUT2D eigenvalue weighted by atomic mass is 16.2. The molecule has 4 heterocycles. The zero-order valence-corrected chi connectivity index (χ0v) is 12.8. The van der Waals surface area contributed by atoms with Crippen LogP contribution in [0.25, 0.3) is 0 Å². The molecule has 5 heteroatoms. The first-order valence-electron chi connectivity index (χ1n) is 8.06. The maximum atomic E-state index is 12.7. The van der Waals surface area contributed by atoms with Gasteiger partial charge in [-0.25, -0.2) is 0 Å². The third-order valence-electron chi connectivity index (χ3n) is 5.44. The third kappa shape index (κ3) is 2.71. The SMILES string of the molecule is CC(C)(C(=O)NC1CN2CCC1CC2)N1CCNCC1. The van der Waals surface area contributed by atoms with Gasteiger partial charge >= 0.3 is 0 Å². The van der Waals surface area contributed by atoms with E-state index < -0.39 is 5.54 Å². The number of carbonyl (C=O) groups excluding carboxylic acids is 1. The van der Waals surface area contributed by atoms with Gasteiger partial charge in [-0.15, -0.1) is 0 Å². The summed E-state index contributed by atoms with van der Waals surface area (Å²) in [6.45, 7) is 11.5. The van der Waals surface area contributed by atoms with E-state index in [4.69, 9.17) is 0 Å². The van der Waals surface area contributed by atoms with Crippen molar-refractivity contribution in [2.75, 3.05) is 45.8 Å². The lowest BCUT2D eigenvalue weighted by Gasteiger charge is -2.47. The second-order valence-electron chi connectivity index (χ2n) is 7.01. The molecule has 0 aromatic carbocycles. The number of amides is 1. The molecule has 4 aliphatic rings. The maximum Gasteiger partial charge on any atom is 0.240 e. The Hall–Kier alpha value is -0.650. The molecule has 0 aromatic rings. The predicted molar refractivity (Wildman–Crippen MR) is 79.6 cm³/mol. The molecule has 114 valence electrons. The number of piperazine rings is 1. The van der Waals surface area contributed by atoms with Crippen LogP contribution in [0.4, 0.5) is 0 Å². The van der Waals surface area contributed by atoms with Gasteiger partial charge in [0.05, 0.1) is 5.54 Å². The van der Waals surface area contributed by atoms with Gasteiger partial charge in [0.25, 0.3) is 0 Å². The number of nitrogens with one attached hydrogen (secondary N) is 2. The van der Waals surface area contributed by atoms with Gasteiger partial charge in [0, 0.05) is 38.8 Å². The van der Waals surface area contributed by atoms with Crippen LogP contribution in [-0.2, 0) is 4.79 Å². The maximum absolute atomic E-state index is 12.7. The van der Waals surface area contributed by atoms with E-state index in [1.165, 1.54) is 25.9 Å². The van der Waals surface area contributed by atoms with E-state index in [0.717, 1.165) is 32.7 Å². The summed E-state index contributed by atoms with van der Waals surface area (Å²) in [5.74, 6) is 0.904. The van der Waals surface area contributed by atoms with Crippen LogP contribution in [-0.4, -0.2) is 73.1 Å². The lowest BCUT2D eigenvalue weighted by molar-refractivity contribution is -0.134. The number of fused-ring (bicyclic) bond motifs is 3. The van der Waals surface area contributed by atoms with E-state index in [-0.39, 0.29) is 5.91 Å². The molecule has 5 nitrogen and oxygen atoms in total. The Balaban J connectivity index is 1.60. The minimum atomic E-state index is -0.395. The predicted octanol–water partition coefficient (Wildman–Crippen LogP) is -0.119. The highest BCUT2D eigenvalue weighted by Crippen LogP contribution is 2.28.